The molecule has 1 aliphatic rings. The highest BCUT2D eigenvalue weighted by Gasteiger charge is 2.29. The second-order valence-electron chi connectivity index (χ2n) is 6.60. The number of ketones is 2. The van der Waals surface area contributed by atoms with E-state index in [1.54, 1.807) is 13.0 Å². The van der Waals surface area contributed by atoms with Crippen LogP contribution in [0.1, 0.15) is 67.9 Å². The highest BCUT2D eigenvalue weighted by Crippen LogP contribution is 2.35. The Morgan fingerprint density at radius 2 is 1.82 bits per heavy atom. The first-order valence-corrected chi connectivity index (χ1v) is 11.3. The van der Waals surface area contributed by atoms with Gasteiger partial charge in [-0.1, -0.05) is 13.8 Å². The second kappa shape index (κ2) is 10.9. The summed E-state index contributed by atoms with van der Waals surface area (Å²) < 4.78 is 4.95. The Kier molecular flexibility index (Phi) is 8.83. The molecule has 0 amide bonds. The molecule has 1 aliphatic carbocycles. The van der Waals surface area contributed by atoms with Crippen LogP contribution in [0.15, 0.2) is 27.5 Å². The van der Waals surface area contributed by atoms with Crippen LogP contribution in [0.25, 0.3) is 0 Å². The van der Waals surface area contributed by atoms with Crippen molar-refractivity contribution in [2.75, 3.05) is 12.4 Å². The zero-order valence-electron chi connectivity index (χ0n) is 16.8. The molecule has 28 heavy (non-hydrogen) atoms. The maximum Gasteiger partial charge on any atom is 0.306 e. The average molecular weight is 421 g/mol. The molecule has 0 aliphatic heterocycles. The first kappa shape index (κ1) is 22.8. The zero-order chi connectivity index (χ0) is 20.7. The van der Waals surface area contributed by atoms with Crippen LogP contribution in [-0.2, 0) is 27.2 Å². The van der Waals surface area contributed by atoms with Crippen molar-refractivity contribution in [2.45, 2.75) is 64.2 Å². The van der Waals surface area contributed by atoms with Crippen molar-refractivity contribution in [2.24, 2.45) is 0 Å². The van der Waals surface area contributed by atoms with Gasteiger partial charge in [-0.05, 0) is 60.8 Å². The van der Waals surface area contributed by atoms with Crippen LogP contribution in [0.5, 0.6) is 0 Å². The third-order valence-electron chi connectivity index (χ3n) is 4.84. The van der Waals surface area contributed by atoms with E-state index in [1.807, 2.05) is 19.9 Å². The van der Waals surface area contributed by atoms with Gasteiger partial charge in [0.2, 0.25) is 0 Å². The number of esters is 1. The highest BCUT2D eigenvalue weighted by atomic mass is 32.2. The van der Waals surface area contributed by atoms with Crippen molar-refractivity contribution < 1.29 is 19.1 Å². The van der Waals surface area contributed by atoms with Gasteiger partial charge in [0.05, 0.1) is 18.6 Å². The van der Waals surface area contributed by atoms with Crippen LogP contribution in [0.4, 0.5) is 0 Å². The SMILES string of the molecule is CCOC(=O)CCSC1=C(C(=O)c2ccc(S)c(CC)c2CC)C(=O)CCC1. The van der Waals surface area contributed by atoms with Crippen LogP contribution in [0.2, 0.25) is 0 Å². The van der Waals surface area contributed by atoms with Crippen LogP contribution < -0.4 is 0 Å². The molecular weight excluding hydrogens is 392 g/mol. The summed E-state index contributed by atoms with van der Waals surface area (Å²) in [6, 6.07) is 3.63. The van der Waals surface area contributed by atoms with Crippen molar-refractivity contribution in [3.8, 4) is 0 Å². The Balaban J connectivity index is 2.35. The monoisotopic (exact) mass is 420 g/mol. The number of thioether (sulfide) groups is 1. The molecule has 0 saturated heterocycles. The van der Waals surface area contributed by atoms with E-state index in [2.05, 4.69) is 12.6 Å². The summed E-state index contributed by atoms with van der Waals surface area (Å²) in [6.45, 7) is 6.19. The fourth-order valence-electron chi connectivity index (χ4n) is 3.53. The average Bonchev–Trinajstić information content (AvgIpc) is 2.67. The van der Waals surface area contributed by atoms with Crippen molar-refractivity contribution in [3.63, 3.8) is 0 Å². The number of carbonyl (C=O) groups is 3. The Bertz CT molecular complexity index is 796. The molecule has 0 saturated carbocycles. The van der Waals surface area contributed by atoms with Gasteiger partial charge in [-0.15, -0.1) is 24.4 Å². The van der Waals surface area contributed by atoms with E-state index in [0.29, 0.717) is 42.8 Å². The predicted octanol–water partition coefficient (Wildman–Crippen LogP) is 4.98. The van der Waals surface area contributed by atoms with Gasteiger partial charge in [0.15, 0.2) is 11.6 Å². The lowest BCUT2D eigenvalue weighted by molar-refractivity contribution is -0.142. The van der Waals surface area contributed by atoms with Gasteiger partial charge >= 0.3 is 5.97 Å². The molecule has 0 radical (unpaired) electrons. The molecule has 0 fully saturated rings. The minimum Gasteiger partial charge on any atom is -0.466 e. The molecular formula is C22H28O4S2. The van der Waals surface area contributed by atoms with E-state index in [-0.39, 0.29) is 24.0 Å². The van der Waals surface area contributed by atoms with E-state index < -0.39 is 0 Å². The van der Waals surface area contributed by atoms with E-state index >= 15 is 0 Å². The van der Waals surface area contributed by atoms with Crippen LogP contribution in [-0.4, -0.2) is 29.9 Å². The summed E-state index contributed by atoms with van der Waals surface area (Å²) in [5.74, 6) is -0.0294. The molecule has 0 aromatic heterocycles. The molecule has 152 valence electrons. The van der Waals surface area contributed by atoms with Gasteiger partial charge in [0.1, 0.15) is 0 Å². The third kappa shape index (κ3) is 5.29. The Labute approximate surface area is 176 Å². The molecule has 0 spiro atoms. The minimum atomic E-state index is -0.254. The minimum absolute atomic E-state index is 0.0927. The summed E-state index contributed by atoms with van der Waals surface area (Å²) in [4.78, 5) is 39.3. The predicted molar refractivity (Wildman–Crippen MR) is 116 cm³/mol. The number of carbonyl (C=O) groups excluding carboxylic acids is 3. The van der Waals surface area contributed by atoms with Crippen LogP contribution >= 0.6 is 24.4 Å². The Morgan fingerprint density at radius 1 is 1.11 bits per heavy atom. The summed E-state index contributed by atoms with van der Waals surface area (Å²) in [6.07, 6.45) is 3.62. The quantitative estimate of drug-likeness (QED) is 0.264. The molecule has 1 aromatic rings. The molecule has 2 rings (SSSR count). The zero-order valence-corrected chi connectivity index (χ0v) is 18.5. The van der Waals surface area contributed by atoms with E-state index in [9.17, 15) is 14.4 Å². The number of ether oxygens (including phenoxy) is 1. The number of Topliss-reactive ketones (excluding diaryl/α,β-unsaturated/α-hetero) is 2. The van der Waals surface area contributed by atoms with Gasteiger partial charge < -0.3 is 4.74 Å². The van der Waals surface area contributed by atoms with Crippen LogP contribution in [0, 0.1) is 0 Å². The third-order valence-corrected chi connectivity index (χ3v) is 6.42. The van der Waals surface area contributed by atoms with Crippen molar-refractivity contribution in [1.29, 1.82) is 0 Å². The van der Waals surface area contributed by atoms with Crippen molar-refractivity contribution >= 4 is 41.9 Å². The normalized spacial score (nSPS) is 14.4. The number of benzene rings is 1. The standard InChI is InChI=1S/C22H28O4S2/c1-4-14-15(5-2)18(27)11-10-16(14)22(25)21-17(23)8-7-9-19(21)28-13-12-20(24)26-6-3/h10-11,27H,4-9,12-13H2,1-3H3. The first-order chi connectivity index (χ1) is 13.4. The van der Waals surface area contributed by atoms with Crippen LogP contribution in [0.3, 0.4) is 0 Å². The molecule has 6 heteroatoms. The molecule has 0 N–H and O–H groups in total. The molecule has 0 heterocycles. The topological polar surface area (TPSA) is 60.4 Å². The number of hydrogen-bond donors (Lipinski definition) is 1. The molecule has 0 atom stereocenters. The van der Waals surface area contributed by atoms with E-state index in [1.165, 1.54) is 11.8 Å². The second-order valence-corrected chi connectivity index (χ2v) is 8.28. The summed E-state index contributed by atoms with van der Waals surface area (Å²) in [5.41, 5.74) is 2.95. The van der Waals surface area contributed by atoms with Gasteiger partial charge in [0, 0.05) is 22.6 Å². The van der Waals surface area contributed by atoms with E-state index in [0.717, 1.165) is 33.8 Å². The highest BCUT2D eigenvalue weighted by molar-refractivity contribution is 8.03. The lowest BCUT2D eigenvalue weighted by atomic mass is 9.87. The Hall–Kier alpha value is -1.53. The van der Waals surface area contributed by atoms with Gasteiger partial charge in [-0.25, -0.2) is 0 Å². The first-order valence-electron chi connectivity index (χ1n) is 9.87. The maximum absolute atomic E-state index is 13.4. The molecule has 0 bridgehead atoms. The number of hydrogen-bond acceptors (Lipinski definition) is 6. The summed E-state index contributed by atoms with van der Waals surface area (Å²) in [7, 11) is 0. The number of rotatable bonds is 9. The Morgan fingerprint density at radius 3 is 2.46 bits per heavy atom. The van der Waals surface area contributed by atoms with Gasteiger partial charge in [-0.3, -0.25) is 14.4 Å². The van der Waals surface area contributed by atoms with Crippen molar-refractivity contribution in [3.05, 3.63) is 39.3 Å². The molecule has 1 aromatic carbocycles. The maximum atomic E-state index is 13.4. The summed E-state index contributed by atoms with van der Waals surface area (Å²) >= 11 is 5.96. The van der Waals surface area contributed by atoms with E-state index in [4.69, 9.17) is 4.74 Å². The fourth-order valence-corrected chi connectivity index (χ4v) is 5.05. The van der Waals surface area contributed by atoms with Gasteiger partial charge in [0.25, 0.3) is 0 Å². The largest absolute Gasteiger partial charge is 0.466 e. The smallest absolute Gasteiger partial charge is 0.306 e. The van der Waals surface area contributed by atoms with Crippen molar-refractivity contribution in [1.82, 2.24) is 0 Å². The van der Waals surface area contributed by atoms with Gasteiger partial charge in [-0.2, -0.15) is 0 Å². The number of allylic oxidation sites excluding steroid dienone is 2. The lowest BCUT2D eigenvalue weighted by Crippen LogP contribution is -2.20. The summed E-state index contributed by atoms with van der Waals surface area (Å²) in [5, 5.41) is 0. The lowest BCUT2D eigenvalue weighted by Gasteiger charge is -2.20. The fraction of sp³-hybridized carbons (Fsp3) is 0.500. The number of thiol groups is 1. The molecule has 4 nitrogen and oxygen atoms in total. The molecule has 0 unspecified atom stereocenters.